The van der Waals surface area contributed by atoms with Gasteiger partial charge in [0.05, 0.1) is 13.2 Å². The number of ether oxygens (including phenoxy) is 1. The van der Waals surface area contributed by atoms with Crippen molar-refractivity contribution in [2.45, 2.75) is 39.5 Å². The van der Waals surface area contributed by atoms with Gasteiger partial charge in [0.25, 0.3) is 5.91 Å². The molecule has 2 heterocycles. The summed E-state index contributed by atoms with van der Waals surface area (Å²) in [6.45, 7) is 9.76. The second-order valence-electron chi connectivity index (χ2n) is 7.60. The van der Waals surface area contributed by atoms with Crippen molar-refractivity contribution in [1.82, 2.24) is 14.8 Å². The minimum absolute atomic E-state index is 0.0295. The summed E-state index contributed by atoms with van der Waals surface area (Å²) in [7, 11) is 0. The van der Waals surface area contributed by atoms with Crippen LogP contribution in [0.5, 0.6) is 0 Å². The molecule has 0 saturated carbocycles. The van der Waals surface area contributed by atoms with Crippen LogP contribution in [0.25, 0.3) is 11.5 Å². The second kappa shape index (κ2) is 11.1. The number of carbonyl (C=O) groups excluding carboxylic acids is 1. The summed E-state index contributed by atoms with van der Waals surface area (Å²) in [4.78, 5) is 22.2. The van der Waals surface area contributed by atoms with Gasteiger partial charge in [0.15, 0.2) is 5.69 Å². The molecule has 0 spiro atoms. The van der Waals surface area contributed by atoms with Crippen LogP contribution in [0.3, 0.4) is 0 Å². The molecule has 1 aliphatic rings. The van der Waals surface area contributed by atoms with Gasteiger partial charge in [-0.1, -0.05) is 44.4 Å². The van der Waals surface area contributed by atoms with E-state index in [2.05, 4.69) is 16.8 Å². The van der Waals surface area contributed by atoms with Gasteiger partial charge in [-0.25, -0.2) is 4.98 Å². The van der Waals surface area contributed by atoms with Gasteiger partial charge < -0.3 is 14.1 Å². The molecule has 3 rings (SSSR count). The number of amides is 1. The Morgan fingerprint density at radius 1 is 1.10 bits per heavy atom. The molecule has 2 aromatic rings. The molecule has 1 aromatic carbocycles. The maximum absolute atomic E-state index is 13.3. The van der Waals surface area contributed by atoms with Gasteiger partial charge in [0.1, 0.15) is 5.76 Å². The van der Waals surface area contributed by atoms with E-state index >= 15 is 0 Å². The first kappa shape index (κ1) is 21.5. The topological polar surface area (TPSA) is 58.8 Å². The minimum atomic E-state index is -0.0295. The molecule has 0 aliphatic carbocycles. The predicted octanol–water partition coefficient (Wildman–Crippen LogP) is 4.00. The number of hydrogen-bond donors (Lipinski definition) is 0. The first-order chi connectivity index (χ1) is 14.2. The number of morpholine rings is 1. The zero-order valence-corrected chi connectivity index (χ0v) is 17.7. The fraction of sp³-hybridized carbons (Fsp3) is 0.565. The Morgan fingerprint density at radius 3 is 2.59 bits per heavy atom. The van der Waals surface area contributed by atoms with Crippen LogP contribution < -0.4 is 0 Å². The number of rotatable bonds is 10. The molecule has 0 unspecified atom stereocenters. The molecule has 0 bridgehead atoms. The number of benzene rings is 1. The van der Waals surface area contributed by atoms with Crippen LogP contribution in [0.1, 0.15) is 48.9 Å². The van der Waals surface area contributed by atoms with Crippen molar-refractivity contribution in [2.24, 2.45) is 0 Å². The lowest BCUT2D eigenvalue weighted by molar-refractivity contribution is 0.0323. The number of aryl methyl sites for hydroxylation is 1. The molecule has 0 N–H and O–H groups in total. The third-order valence-corrected chi connectivity index (χ3v) is 5.38. The van der Waals surface area contributed by atoms with E-state index in [4.69, 9.17) is 9.15 Å². The SMILES string of the molecule is CCCCCCN(CCN1CCOCC1)C(=O)c1nc(-c2ccccc2)oc1C. The molecule has 158 valence electrons. The van der Waals surface area contributed by atoms with Crippen LogP contribution in [0.4, 0.5) is 0 Å². The molecule has 0 radical (unpaired) electrons. The van der Waals surface area contributed by atoms with E-state index in [-0.39, 0.29) is 5.91 Å². The summed E-state index contributed by atoms with van der Waals surface area (Å²) in [6.07, 6.45) is 4.55. The molecule has 0 atom stereocenters. The van der Waals surface area contributed by atoms with Crippen LogP contribution in [-0.4, -0.2) is 66.6 Å². The van der Waals surface area contributed by atoms with E-state index < -0.39 is 0 Å². The zero-order valence-electron chi connectivity index (χ0n) is 17.7. The quantitative estimate of drug-likeness (QED) is 0.565. The summed E-state index contributed by atoms with van der Waals surface area (Å²) in [6, 6.07) is 9.73. The van der Waals surface area contributed by atoms with E-state index in [1.54, 1.807) is 0 Å². The highest BCUT2D eigenvalue weighted by molar-refractivity contribution is 5.93. The molecular weight excluding hydrogens is 366 g/mol. The van der Waals surface area contributed by atoms with Gasteiger partial charge in [0, 0.05) is 38.3 Å². The van der Waals surface area contributed by atoms with Crippen molar-refractivity contribution in [2.75, 3.05) is 45.9 Å². The van der Waals surface area contributed by atoms with Gasteiger partial charge in [-0.15, -0.1) is 0 Å². The highest BCUT2D eigenvalue weighted by Gasteiger charge is 2.24. The Labute approximate surface area is 173 Å². The van der Waals surface area contributed by atoms with Crippen molar-refractivity contribution in [3.05, 3.63) is 41.8 Å². The van der Waals surface area contributed by atoms with E-state index in [1.807, 2.05) is 42.2 Å². The number of aromatic nitrogens is 1. The number of hydrogen-bond acceptors (Lipinski definition) is 5. The molecule has 29 heavy (non-hydrogen) atoms. The monoisotopic (exact) mass is 399 g/mol. The molecule has 1 aromatic heterocycles. The molecule has 6 nitrogen and oxygen atoms in total. The van der Waals surface area contributed by atoms with Gasteiger partial charge in [-0.2, -0.15) is 0 Å². The summed E-state index contributed by atoms with van der Waals surface area (Å²) in [5.41, 5.74) is 1.32. The van der Waals surface area contributed by atoms with Crippen molar-refractivity contribution in [3.8, 4) is 11.5 Å². The third-order valence-electron chi connectivity index (χ3n) is 5.38. The van der Waals surface area contributed by atoms with Crippen molar-refractivity contribution >= 4 is 5.91 Å². The molecule has 1 fully saturated rings. The third kappa shape index (κ3) is 6.15. The summed E-state index contributed by atoms with van der Waals surface area (Å²) < 4.78 is 11.3. The number of carbonyl (C=O) groups is 1. The fourth-order valence-corrected chi connectivity index (χ4v) is 3.58. The Balaban J connectivity index is 1.69. The lowest BCUT2D eigenvalue weighted by atomic mass is 10.2. The van der Waals surface area contributed by atoms with Crippen molar-refractivity contribution in [3.63, 3.8) is 0 Å². The van der Waals surface area contributed by atoms with Crippen LogP contribution >= 0.6 is 0 Å². The van der Waals surface area contributed by atoms with Crippen molar-refractivity contribution < 1.29 is 13.9 Å². The van der Waals surface area contributed by atoms with Crippen molar-refractivity contribution in [1.29, 1.82) is 0 Å². The highest BCUT2D eigenvalue weighted by atomic mass is 16.5. The first-order valence-electron chi connectivity index (χ1n) is 10.8. The summed E-state index contributed by atoms with van der Waals surface area (Å²) in [5.74, 6) is 1.06. The summed E-state index contributed by atoms with van der Waals surface area (Å²) in [5, 5.41) is 0. The molecule has 1 amide bonds. The Bertz CT molecular complexity index is 754. The molecule has 1 saturated heterocycles. The standard InChI is InChI=1S/C23H33N3O3/c1-3-4-5-9-12-26(14-13-25-15-17-28-18-16-25)23(27)21-19(2)29-22(24-21)20-10-7-6-8-11-20/h6-8,10-11H,3-5,9,12-18H2,1-2H3. The largest absolute Gasteiger partial charge is 0.441 e. The van der Waals surface area contributed by atoms with Crippen LogP contribution in [0, 0.1) is 6.92 Å². The van der Waals surface area contributed by atoms with E-state index in [0.29, 0.717) is 23.9 Å². The molecular formula is C23H33N3O3. The molecule has 1 aliphatic heterocycles. The zero-order chi connectivity index (χ0) is 20.5. The first-order valence-corrected chi connectivity index (χ1v) is 10.8. The average molecular weight is 400 g/mol. The van der Waals surface area contributed by atoms with Crippen LogP contribution in [0.15, 0.2) is 34.7 Å². The Kier molecular flexibility index (Phi) is 8.25. The van der Waals surface area contributed by atoms with Gasteiger partial charge in [0.2, 0.25) is 5.89 Å². The van der Waals surface area contributed by atoms with Crippen LogP contribution in [0.2, 0.25) is 0 Å². The number of nitrogens with zero attached hydrogens (tertiary/aromatic N) is 3. The Morgan fingerprint density at radius 2 is 1.86 bits per heavy atom. The maximum atomic E-state index is 13.3. The molecule has 6 heteroatoms. The smallest absolute Gasteiger partial charge is 0.276 e. The normalized spacial score (nSPS) is 14.8. The fourth-order valence-electron chi connectivity index (χ4n) is 3.58. The summed E-state index contributed by atoms with van der Waals surface area (Å²) >= 11 is 0. The highest BCUT2D eigenvalue weighted by Crippen LogP contribution is 2.22. The lowest BCUT2D eigenvalue weighted by Gasteiger charge is -2.30. The predicted molar refractivity (Wildman–Crippen MR) is 114 cm³/mol. The van der Waals surface area contributed by atoms with Gasteiger partial charge in [-0.3, -0.25) is 9.69 Å². The van der Waals surface area contributed by atoms with Crippen LogP contribution in [-0.2, 0) is 4.74 Å². The van der Waals surface area contributed by atoms with Gasteiger partial charge >= 0.3 is 0 Å². The van der Waals surface area contributed by atoms with E-state index in [9.17, 15) is 4.79 Å². The van der Waals surface area contributed by atoms with E-state index in [0.717, 1.165) is 57.8 Å². The lowest BCUT2D eigenvalue weighted by Crippen LogP contribution is -2.43. The maximum Gasteiger partial charge on any atom is 0.276 e. The number of unbranched alkanes of at least 4 members (excludes halogenated alkanes) is 3. The minimum Gasteiger partial charge on any atom is -0.441 e. The Hall–Kier alpha value is -2.18. The van der Waals surface area contributed by atoms with E-state index in [1.165, 1.54) is 12.8 Å². The van der Waals surface area contributed by atoms with Gasteiger partial charge in [-0.05, 0) is 25.5 Å². The number of oxazole rings is 1. The second-order valence-corrected chi connectivity index (χ2v) is 7.60. The average Bonchev–Trinajstić information content (AvgIpc) is 3.16.